The van der Waals surface area contributed by atoms with E-state index in [1.165, 1.54) is 12.1 Å². The summed E-state index contributed by atoms with van der Waals surface area (Å²) in [5.41, 5.74) is 0.0567. The summed E-state index contributed by atoms with van der Waals surface area (Å²) in [6.07, 6.45) is 0.987. The van der Waals surface area contributed by atoms with Gasteiger partial charge in [0, 0.05) is 4.47 Å². The molecule has 3 unspecified atom stereocenters. The van der Waals surface area contributed by atoms with E-state index in [1.807, 2.05) is 6.92 Å². The van der Waals surface area contributed by atoms with E-state index in [2.05, 4.69) is 21.2 Å². The molecule has 1 amide bonds. The second-order valence-electron chi connectivity index (χ2n) is 5.21. The van der Waals surface area contributed by atoms with Crippen molar-refractivity contribution in [1.29, 1.82) is 0 Å². The Labute approximate surface area is 124 Å². The molecule has 0 heterocycles. The fraction of sp³-hybridized carbons (Fsp3) is 0.429. The van der Waals surface area contributed by atoms with Gasteiger partial charge < -0.3 is 10.4 Å². The minimum absolute atomic E-state index is 0.0567. The number of para-hydroxylation sites is 1. The lowest BCUT2D eigenvalue weighted by atomic mass is 9.95. The molecule has 0 saturated heterocycles. The normalized spacial score (nSPS) is 25.4. The van der Waals surface area contributed by atoms with E-state index < -0.39 is 29.5 Å². The predicted octanol–water partition coefficient (Wildman–Crippen LogP) is 3.27. The van der Waals surface area contributed by atoms with Crippen molar-refractivity contribution in [2.75, 3.05) is 5.32 Å². The van der Waals surface area contributed by atoms with Gasteiger partial charge >= 0.3 is 5.97 Å². The summed E-state index contributed by atoms with van der Waals surface area (Å²) >= 11 is 3.17. The molecule has 1 aromatic rings. The maximum Gasteiger partial charge on any atom is 0.307 e. The van der Waals surface area contributed by atoms with E-state index >= 15 is 0 Å². The third kappa shape index (κ3) is 3.00. The Bertz CT molecular complexity index is 529. The molecule has 0 bridgehead atoms. The second kappa shape index (κ2) is 5.91. The second-order valence-corrected chi connectivity index (χ2v) is 6.07. The standard InChI is InChI=1S/C14H15BrFNO3/c1-7-5-8(9(6-7)14(19)20)13(18)17-12-10(15)3-2-4-11(12)16/h2-4,7-9H,5-6H2,1H3,(H,17,18)(H,19,20). The topological polar surface area (TPSA) is 66.4 Å². The molecule has 0 aromatic heterocycles. The van der Waals surface area contributed by atoms with Crippen molar-refractivity contribution in [3.05, 3.63) is 28.5 Å². The largest absolute Gasteiger partial charge is 0.481 e. The number of halogens is 2. The smallest absolute Gasteiger partial charge is 0.307 e. The van der Waals surface area contributed by atoms with Crippen LogP contribution in [0.1, 0.15) is 19.8 Å². The molecule has 2 rings (SSSR count). The molecule has 0 spiro atoms. The Morgan fingerprint density at radius 3 is 2.60 bits per heavy atom. The van der Waals surface area contributed by atoms with Gasteiger partial charge in [-0.1, -0.05) is 13.0 Å². The quantitative estimate of drug-likeness (QED) is 0.884. The average molecular weight is 344 g/mol. The molecule has 1 aliphatic rings. The number of amides is 1. The molecule has 1 saturated carbocycles. The van der Waals surface area contributed by atoms with Crippen LogP contribution >= 0.6 is 15.9 Å². The van der Waals surface area contributed by atoms with Crippen molar-refractivity contribution in [3.8, 4) is 0 Å². The molecule has 1 aromatic carbocycles. The molecule has 1 aliphatic carbocycles. The molecule has 2 N–H and O–H groups in total. The number of rotatable bonds is 3. The Morgan fingerprint density at radius 2 is 2.00 bits per heavy atom. The summed E-state index contributed by atoms with van der Waals surface area (Å²) in [6, 6.07) is 4.38. The Balaban J connectivity index is 2.18. The summed E-state index contributed by atoms with van der Waals surface area (Å²) < 4.78 is 14.1. The molecule has 0 aliphatic heterocycles. The molecular weight excluding hydrogens is 329 g/mol. The molecule has 1 fully saturated rings. The molecule has 6 heteroatoms. The van der Waals surface area contributed by atoms with E-state index in [9.17, 15) is 14.0 Å². The van der Waals surface area contributed by atoms with Gasteiger partial charge in [0.05, 0.1) is 17.5 Å². The van der Waals surface area contributed by atoms with Crippen molar-refractivity contribution in [2.45, 2.75) is 19.8 Å². The number of aliphatic carboxylic acids is 1. The lowest BCUT2D eigenvalue weighted by molar-refractivity contribution is -0.145. The number of nitrogens with one attached hydrogen (secondary N) is 1. The van der Waals surface area contributed by atoms with Crippen LogP contribution in [0.25, 0.3) is 0 Å². The van der Waals surface area contributed by atoms with Crippen LogP contribution in [-0.4, -0.2) is 17.0 Å². The van der Waals surface area contributed by atoms with Gasteiger partial charge in [-0.2, -0.15) is 0 Å². The number of carbonyl (C=O) groups is 2. The highest BCUT2D eigenvalue weighted by atomic mass is 79.9. The summed E-state index contributed by atoms with van der Waals surface area (Å²) in [5, 5.41) is 11.7. The highest BCUT2D eigenvalue weighted by molar-refractivity contribution is 9.10. The fourth-order valence-electron chi connectivity index (χ4n) is 2.69. The van der Waals surface area contributed by atoms with Gasteiger partial charge in [0.15, 0.2) is 0 Å². The van der Waals surface area contributed by atoms with Crippen LogP contribution < -0.4 is 5.32 Å². The highest BCUT2D eigenvalue weighted by Crippen LogP contribution is 2.37. The summed E-state index contributed by atoms with van der Waals surface area (Å²) in [5.74, 6) is -3.10. The van der Waals surface area contributed by atoms with Gasteiger partial charge in [-0.15, -0.1) is 0 Å². The summed E-state index contributed by atoms with van der Waals surface area (Å²) in [4.78, 5) is 23.4. The van der Waals surface area contributed by atoms with Crippen LogP contribution in [0.4, 0.5) is 10.1 Å². The average Bonchev–Trinajstić information content (AvgIpc) is 2.76. The lowest BCUT2D eigenvalue weighted by Crippen LogP contribution is -2.30. The van der Waals surface area contributed by atoms with Gasteiger partial charge in [-0.3, -0.25) is 9.59 Å². The van der Waals surface area contributed by atoms with Crippen molar-refractivity contribution in [3.63, 3.8) is 0 Å². The van der Waals surface area contributed by atoms with Crippen molar-refractivity contribution >= 4 is 33.5 Å². The van der Waals surface area contributed by atoms with Crippen molar-refractivity contribution in [1.82, 2.24) is 0 Å². The van der Waals surface area contributed by atoms with Crippen molar-refractivity contribution in [2.24, 2.45) is 17.8 Å². The minimum Gasteiger partial charge on any atom is -0.481 e. The molecule has 0 radical (unpaired) electrons. The first-order valence-electron chi connectivity index (χ1n) is 6.37. The number of benzene rings is 1. The third-order valence-corrected chi connectivity index (χ3v) is 4.32. The maximum atomic E-state index is 13.7. The number of hydrogen-bond donors (Lipinski definition) is 2. The predicted molar refractivity (Wildman–Crippen MR) is 75.7 cm³/mol. The zero-order valence-electron chi connectivity index (χ0n) is 10.9. The van der Waals surface area contributed by atoms with Crippen LogP contribution in [0.15, 0.2) is 22.7 Å². The minimum atomic E-state index is -0.970. The summed E-state index contributed by atoms with van der Waals surface area (Å²) in [7, 11) is 0. The maximum absolute atomic E-state index is 13.7. The van der Waals surface area contributed by atoms with Gasteiger partial charge in [0.1, 0.15) is 5.82 Å². The zero-order valence-corrected chi connectivity index (χ0v) is 12.5. The molecule has 3 atom stereocenters. The molecule has 4 nitrogen and oxygen atoms in total. The first kappa shape index (κ1) is 15.0. The first-order valence-corrected chi connectivity index (χ1v) is 7.17. The van der Waals surface area contributed by atoms with Crippen LogP contribution in [0.3, 0.4) is 0 Å². The van der Waals surface area contributed by atoms with Crippen LogP contribution in [0, 0.1) is 23.6 Å². The first-order chi connectivity index (χ1) is 9.40. The van der Waals surface area contributed by atoms with E-state index in [1.54, 1.807) is 6.07 Å². The number of carboxylic acid groups (broad SMARTS) is 1. The number of carboxylic acids is 1. The molecule has 20 heavy (non-hydrogen) atoms. The van der Waals surface area contributed by atoms with Crippen LogP contribution in [-0.2, 0) is 9.59 Å². The van der Waals surface area contributed by atoms with Crippen LogP contribution in [0.2, 0.25) is 0 Å². The Kier molecular flexibility index (Phi) is 4.42. The SMILES string of the molecule is CC1CC(C(=O)O)C(C(=O)Nc2c(F)cccc2Br)C1. The molecule has 108 valence electrons. The fourth-order valence-corrected chi connectivity index (χ4v) is 3.13. The lowest BCUT2D eigenvalue weighted by Gasteiger charge is -2.16. The monoisotopic (exact) mass is 343 g/mol. The Morgan fingerprint density at radius 1 is 1.35 bits per heavy atom. The third-order valence-electron chi connectivity index (χ3n) is 3.66. The highest BCUT2D eigenvalue weighted by Gasteiger charge is 2.41. The van der Waals surface area contributed by atoms with Crippen LogP contribution in [0.5, 0.6) is 0 Å². The summed E-state index contributed by atoms with van der Waals surface area (Å²) in [6.45, 7) is 1.92. The van der Waals surface area contributed by atoms with E-state index in [0.717, 1.165) is 0 Å². The zero-order chi connectivity index (χ0) is 14.9. The number of anilines is 1. The van der Waals surface area contributed by atoms with Gasteiger partial charge in [-0.25, -0.2) is 4.39 Å². The number of carbonyl (C=O) groups excluding carboxylic acids is 1. The number of hydrogen-bond acceptors (Lipinski definition) is 2. The van der Waals surface area contributed by atoms with Crippen molar-refractivity contribution < 1.29 is 19.1 Å². The van der Waals surface area contributed by atoms with E-state index in [0.29, 0.717) is 17.3 Å². The van der Waals surface area contributed by atoms with Gasteiger partial charge in [0.2, 0.25) is 5.91 Å². The van der Waals surface area contributed by atoms with Gasteiger partial charge in [-0.05, 0) is 46.8 Å². The van der Waals surface area contributed by atoms with E-state index in [4.69, 9.17) is 5.11 Å². The molecular formula is C14H15BrFNO3. The van der Waals surface area contributed by atoms with Gasteiger partial charge in [0.25, 0.3) is 0 Å². The van der Waals surface area contributed by atoms with E-state index in [-0.39, 0.29) is 11.6 Å². The Hall–Kier alpha value is -1.43.